The van der Waals surface area contributed by atoms with Gasteiger partial charge in [-0.05, 0) is 18.2 Å². The SMILES string of the molecule is O=C(O)[C@@H]1[C@@H](C(=O)Nc2cc(C(F)(F)F)ccc2F)[C@H]2C=C[C@@H]1O2. The third-order valence-corrected chi connectivity index (χ3v) is 4.04. The van der Waals surface area contributed by atoms with Crippen molar-refractivity contribution in [1.82, 2.24) is 0 Å². The molecule has 1 saturated heterocycles. The van der Waals surface area contributed by atoms with Gasteiger partial charge in [0.15, 0.2) is 0 Å². The number of hydrogen-bond acceptors (Lipinski definition) is 3. The van der Waals surface area contributed by atoms with Crippen LogP contribution in [0.25, 0.3) is 0 Å². The zero-order chi connectivity index (χ0) is 17.6. The summed E-state index contributed by atoms with van der Waals surface area (Å²) in [6.45, 7) is 0. The molecule has 9 heteroatoms. The van der Waals surface area contributed by atoms with E-state index in [0.29, 0.717) is 18.2 Å². The minimum absolute atomic E-state index is 0.465. The van der Waals surface area contributed by atoms with Crippen LogP contribution < -0.4 is 5.32 Å². The van der Waals surface area contributed by atoms with E-state index in [1.165, 1.54) is 12.2 Å². The van der Waals surface area contributed by atoms with Crippen LogP contribution in [0.3, 0.4) is 0 Å². The fourth-order valence-corrected chi connectivity index (χ4v) is 2.93. The maximum absolute atomic E-state index is 13.7. The number of rotatable bonds is 3. The van der Waals surface area contributed by atoms with E-state index in [4.69, 9.17) is 4.74 Å². The largest absolute Gasteiger partial charge is 0.481 e. The normalized spacial score (nSPS) is 28.2. The second kappa shape index (κ2) is 5.59. The van der Waals surface area contributed by atoms with E-state index >= 15 is 0 Å². The van der Waals surface area contributed by atoms with Gasteiger partial charge in [-0.1, -0.05) is 12.2 Å². The van der Waals surface area contributed by atoms with Crippen LogP contribution in [0.5, 0.6) is 0 Å². The predicted octanol–water partition coefficient (Wildman–Crippen LogP) is 2.44. The summed E-state index contributed by atoms with van der Waals surface area (Å²) in [6.07, 6.45) is -3.26. The first kappa shape index (κ1) is 16.4. The molecule has 24 heavy (non-hydrogen) atoms. The second-order valence-corrected chi connectivity index (χ2v) is 5.52. The highest BCUT2D eigenvalue weighted by Crippen LogP contribution is 2.40. The minimum atomic E-state index is -4.70. The van der Waals surface area contributed by atoms with Gasteiger partial charge < -0.3 is 15.2 Å². The van der Waals surface area contributed by atoms with E-state index in [0.717, 1.165) is 0 Å². The van der Waals surface area contributed by atoms with Crippen LogP contribution in [0.4, 0.5) is 23.2 Å². The van der Waals surface area contributed by atoms with Crippen LogP contribution in [-0.4, -0.2) is 29.2 Å². The topological polar surface area (TPSA) is 75.6 Å². The Balaban J connectivity index is 1.85. The molecule has 0 aromatic heterocycles. The third-order valence-electron chi connectivity index (χ3n) is 4.04. The van der Waals surface area contributed by atoms with Gasteiger partial charge in [0.2, 0.25) is 5.91 Å². The molecule has 1 fully saturated rings. The van der Waals surface area contributed by atoms with Gasteiger partial charge in [-0.15, -0.1) is 0 Å². The Hall–Kier alpha value is -2.42. The summed E-state index contributed by atoms with van der Waals surface area (Å²) in [4.78, 5) is 23.6. The van der Waals surface area contributed by atoms with Crippen LogP contribution in [0, 0.1) is 17.7 Å². The minimum Gasteiger partial charge on any atom is -0.481 e. The maximum atomic E-state index is 13.7. The molecular formula is C15H11F4NO4. The smallest absolute Gasteiger partial charge is 0.416 e. The molecule has 2 bridgehead atoms. The van der Waals surface area contributed by atoms with E-state index in [1.807, 2.05) is 5.32 Å². The summed E-state index contributed by atoms with van der Waals surface area (Å²) in [5, 5.41) is 11.3. The number of fused-ring (bicyclic) bond motifs is 2. The quantitative estimate of drug-likeness (QED) is 0.652. The monoisotopic (exact) mass is 345 g/mol. The van der Waals surface area contributed by atoms with Gasteiger partial charge in [0.05, 0.1) is 29.4 Å². The number of carboxylic acids is 1. The van der Waals surface area contributed by atoms with E-state index < -0.39 is 59.2 Å². The first-order valence-corrected chi connectivity index (χ1v) is 6.92. The van der Waals surface area contributed by atoms with Gasteiger partial charge in [-0.25, -0.2) is 4.39 Å². The summed E-state index contributed by atoms with van der Waals surface area (Å²) in [5.41, 5.74) is -1.79. The highest BCUT2D eigenvalue weighted by Gasteiger charge is 2.53. The number of benzene rings is 1. The van der Waals surface area contributed by atoms with Gasteiger partial charge in [0.25, 0.3) is 0 Å². The lowest BCUT2D eigenvalue weighted by molar-refractivity contribution is -0.145. The Morgan fingerprint density at radius 1 is 1.12 bits per heavy atom. The summed E-state index contributed by atoms with van der Waals surface area (Å²) in [6, 6.07) is 1.60. The van der Waals surface area contributed by atoms with Crippen molar-refractivity contribution in [3.63, 3.8) is 0 Å². The number of aliphatic carboxylic acids is 1. The van der Waals surface area contributed by atoms with Crippen molar-refractivity contribution in [1.29, 1.82) is 0 Å². The molecule has 1 aromatic carbocycles. The van der Waals surface area contributed by atoms with Gasteiger partial charge in [-0.2, -0.15) is 13.2 Å². The molecule has 4 atom stereocenters. The number of anilines is 1. The maximum Gasteiger partial charge on any atom is 0.416 e. The van der Waals surface area contributed by atoms with Crippen molar-refractivity contribution >= 4 is 17.6 Å². The number of carbonyl (C=O) groups excluding carboxylic acids is 1. The average molecular weight is 345 g/mol. The molecule has 1 aromatic rings. The second-order valence-electron chi connectivity index (χ2n) is 5.52. The van der Waals surface area contributed by atoms with Crippen LogP contribution in [0.15, 0.2) is 30.4 Å². The van der Waals surface area contributed by atoms with Crippen molar-refractivity contribution in [3.8, 4) is 0 Å². The molecule has 1 amide bonds. The van der Waals surface area contributed by atoms with Crippen molar-refractivity contribution in [3.05, 3.63) is 41.7 Å². The van der Waals surface area contributed by atoms with Gasteiger partial charge in [0, 0.05) is 0 Å². The lowest BCUT2D eigenvalue weighted by Crippen LogP contribution is -2.39. The summed E-state index contributed by atoms with van der Waals surface area (Å²) in [5.74, 6) is -5.54. The molecule has 0 spiro atoms. The number of ether oxygens (including phenoxy) is 1. The van der Waals surface area contributed by atoms with E-state index in [9.17, 15) is 32.3 Å². The highest BCUT2D eigenvalue weighted by molar-refractivity contribution is 5.96. The molecular weight excluding hydrogens is 334 g/mol. The molecule has 2 N–H and O–H groups in total. The Morgan fingerprint density at radius 2 is 1.75 bits per heavy atom. The Morgan fingerprint density at radius 3 is 2.33 bits per heavy atom. The summed E-state index contributed by atoms with van der Waals surface area (Å²) < 4.78 is 57.1. The zero-order valence-electron chi connectivity index (χ0n) is 11.9. The van der Waals surface area contributed by atoms with Crippen LogP contribution in [-0.2, 0) is 20.5 Å². The first-order valence-electron chi connectivity index (χ1n) is 6.92. The number of carboxylic acid groups (broad SMARTS) is 1. The summed E-state index contributed by atoms with van der Waals surface area (Å²) in [7, 11) is 0. The zero-order valence-corrected chi connectivity index (χ0v) is 11.9. The number of halogens is 4. The number of nitrogens with one attached hydrogen (secondary N) is 1. The third kappa shape index (κ3) is 2.75. The van der Waals surface area contributed by atoms with Gasteiger partial charge >= 0.3 is 12.1 Å². The van der Waals surface area contributed by atoms with E-state index in [2.05, 4.69) is 0 Å². The fourth-order valence-electron chi connectivity index (χ4n) is 2.93. The van der Waals surface area contributed by atoms with E-state index in [1.54, 1.807) is 0 Å². The highest BCUT2D eigenvalue weighted by atomic mass is 19.4. The Bertz CT molecular complexity index is 731. The average Bonchev–Trinajstić information content (AvgIpc) is 3.08. The van der Waals surface area contributed by atoms with Crippen molar-refractivity contribution < 1.29 is 37.0 Å². The number of amides is 1. The molecule has 2 aliphatic rings. The van der Waals surface area contributed by atoms with Crippen LogP contribution in [0.1, 0.15) is 5.56 Å². The Kier molecular flexibility index (Phi) is 3.83. The van der Waals surface area contributed by atoms with Crippen molar-refractivity contribution in [2.75, 3.05) is 5.32 Å². The lowest BCUT2D eigenvalue weighted by atomic mass is 9.82. The molecule has 0 radical (unpaired) electrons. The number of hydrogen-bond donors (Lipinski definition) is 2. The number of alkyl halides is 3. The molecule has 3 rings (SSSR count). The molecule has 0 saturated carbocycles. The van der Waals surface area contributed by atoms with Crippen molar-refractivity contribution in [2.24, 2.45) is 11.8 Å². The van der Waals surface area contributed by atoms with E-state index in [-0.39, 0.29) is 0 Å². The molecule has 0 aliphatic carbocycles. The predicted molar refractivity (Wildman–Crippen MR) is 72.4 cm³/mol. The van der Waals surface area contributed by atoms with Crippen LogP contribution in [0.2, 0.25) is 0 Å². The summed E-state index contributed by atoms with van der Waals surface area (Å²) >= 11 is 0. The van der Waals surface area contributed by atoms with Gasteiger partial charge in [0.1, 0.15) is 11.7 Å². The molecule has 5 nitrogen and oxygen atoms in total. The van der Waals surface area contributed by atoms with Crippen molar-refractivity contribution in [2.45, 2.75) is 18.4 Å². The molecule has 2 aliphatic heterocycles. The molecule has 128 valence electrons. The standard InChI is InChI=1S/C15H11F4NO4/c16-7-2-1-6(15(17,18)19)5-8(7)20-13(21)11-9-3-4-10(24-9)12(11)14(22)23/h1-5,9-12H,(H,20,21)(H,22,23)/t9-,10+,11+,12+/m1/s1. The number of carbonyl (C=O) groups is 2. The lowest BCUT2D eigenvalue weighted by Gasteiger charge is -2.21. The molecule has 0 unspecified atom stereocenters. The Labute approximate surface area is 132 Å². The first-order chi connectivity index (χ1) is 11.2. The molecule has 2 heterocycles. The van der Waals surface area contributed by atoms with Crippen LogP contribution >= 0.6 is 0 Å². The fraction of sp³-hybridized carbons (Fsp3) is 0.333. The van der Waals surface area contributed by atoms with Gasteiger partial charge in [-0.3, -0.25) is 9.59 Å².